The number of anilines is 6. The van der Waals surface area contributed by atoms with E-state index >= 15 is 0 Å². The summed E-state index contributed by atoms with van der Waals surface area (Å²) in [4.78, 5) is 4.89. The minimum atomic E-state index is 1.11. The number of benzene rings is 11. The Morgan fingerprint density at radius 2 is 0.688 bits per heavy atom. The first kappa shape index (κ1) is 36.2. The van der Waals surface area contributed by atoms with Gasteiger partial charge in [0.2, 0.25) is 0 Å². The summed E-state index contributed by atoms with van der Waals surface area (Å²) in [6.45, 7) is 0. The number of nitrogens with zero attached hydrogens (tertiary/aromatic N) is 2. The fraction of sp³-hybridized carbons (Fsp3) is 0. The third-order valence-electron chi connectivity index (χ3n) is 13.3. The Labute approximate surface area is 372 Å². The Balaban J connectivity index is 1.17. The molecule has 298 valence electrons. The minimum absolute atomic E-state index is 1.11. The summed E-state index contributed by atoms with van der Waals surface area (Å²) < 4.78 is 0. The van der Waals surface area contributed by atoms with Crippen LogP contribution < -0.4 is 9.80 Å². The molecule has 0 bridgehead atoms. The van der Waals surface area contributed by atoms with Gasteiger partial charge < -0.3 is 9.80 Å². The predicted molar refractivity (Wildman–Crippen MR) is 275 cm³/mol. The Bertz CT molecular complexity index is 3650. The van der Waals surface area contributed by atoms with Crippen molar-refractivity contribution >= 4 is 102 Å². The van der Waals surface area contributed by atoms with E-state index in [1.165, 1.54) is 87.6 Å². The van der Waals surface area contributed by atoms with Crippen molar-refractivity contribution in [3.63, 3.8) is 0 Å². The first-order valence-electron chi connectivity index (χ1n) is 22.1. The van der Waals surface area contributed by atoms with Gasteiger partial charge in [-0.15, -0.1) is 0 Å². The largest absolute Gasteiger partial charge is 0.309 e. The van der Waals surface area contributed by atoms with Gasteiger partial charge in [0, 0.05) is 11.4 Å². The number of hydrogen-bond donors (Lipinski definition) is 0. The highest BCUT2D eigenvalue weighted by molar-refractivity contribution is 6.25. The Morgan fingerprint density at radius 1 is 0.250 bits per heavy atom. The van der Waals surface area contributed by atoms with Crippen LogP contribution in [-0.2, 0) is 0 Å². The fourth-order valence-electron chi connectivity index (χ4n) is 10.4. The van der Waals surface area contributed by atoms with Gasteiger partial charge in [-0.05, 0) is 142 Å². The van der Waals surface area contributed by atoms with Crippen molar-refractivity contribution in [2.45, 2.75) is 0 Å². The third-order valence-corrected chi connectivity index (χ3v) is 13.3. The first-order valence-corrected chi connectivity index (χ1v) is 22.1. The molecule has 0 saturated heterocycles. The van der Waals surface area contributed by atoms with Crippen molar-refractivity contribution in [1.29, 1.82) is 0 Å². The first-order chi connectivity index (χ1) is 31.7. The summed E-state index contributed by atoms with van der Waals surface area (Å²) in [5.41, 5.74) is 16.4. The van der Waals surface area contributed by atoms with Crippen LogP contribution in [0.4, 0.5) is 34.1 Å². The van der Waals surface area contributed by atoms with Gasteiger partial charge >= 0.3 is 0 Å². The minimum Gasteiger partial charge on any atom is -0.309 e. The standard InChI is InChI=1S/C62H40N2/c1-2-20-47-38-48(33-28-41(47)14-1)61-53-36-34-50(64-59-26-11-6-18-45(59)31-32-46-19-7-12-27-60(46)64)40-56(53)62(52-23-13-21-42-15-3-8-22-51(42)52)54-37-35-49(39-55(54)61)63-57-24-9-4-16-43(57)29-30-44-17-5-10-25-58(44)63/h1-40H. The molecule has 0 atom stereocenters. The van der Waals surface area contributed by atoms with Gasteiger partial charge in [-0.25, -0.2) is 0 Å². The van der Waals surface area contributed by atoms with Crippen LogP contribution in [0, 0.1) is 0 Å². The molecule has 2 aliphatic heterocycles. The molecule has 0 radical (unpaired) electrons. The lowest BCUT2D eigenvalue weighted by Crippen LogP contribution is -2.12. The van der Waals surface area contributed by atoms with Gasteiger partial charge in [0.1, 0.15) is 0 Å². The molecule has 2 nitrogen and oxygen atoms in total. The van der Waals surface area contributed by atoms with Crippen LogP contribution in [0.2, 0.25) is 0 Å². The molecule has 0 aliphatic carbocycles. The molecule has 0 unspecified atom stereocenters. The van der Waals surface area contributed by atoms with Crippen LogP contribution in [-0.4, -0.2) is 0 Å². The summed E-state index contributed by atoms with van der Waals surface area (Å²) in [6, 6.07) is 80.6. The summed E-state index contributed by atoms with van der Waals surface area (Å²) in [5, 5.41) is 9.74. The molecule has 13 rings (SSSR count). The van der Waals surface area contributed by atoms with Crippen LogP contribution in [0.25, 0.3) is 89.6 Å². The fourth-order valence-corrected chi connectivity index (χ4v) is 10.4. The predicted octanol–water partition coefficient (Wildman–Crippen LogP) is 17.5. The van der Waals surface area contributed by atoms with Crippen LogP contribution in [0.5, 0.6) is 0 Å². The van der Waals surface area contributed by atoms with E-state index < -0.39 is 0 Å². The van der Waals surface area contributed by atoms with Crippen LogP contribution in [0.15, 0.2) is 218 Å². The van der Waals surface area contributed by atoms with Crippen molar-refractivity contribution in [3.8, 4) is 22.3 Å². The summed E-state index contributed by atoms with van der Waals surface area (Å²) >= 11 is 0. The quantitative estimate of drug-likeness (QED) is 0.163. The van der Waals surface area contributed by atoms with Gasteiger partial charge in [-0.1, -0.05) is 188 Å². The highest BCUT2D eigenvalue weighted by Crippen LogP contribution is 2.51. The summed E-state index contributed by atoms with van der Waals surface area (Å²) in [7, 11) is 0. The number of fused-ring (bicyclic) bond motifs is 8. The van der Waals surface area contributed by atoms with E-state index in [9.17, 15) is 0 Å². The molecule has 0 fully saturated rings. The zero-order valence-corrected chi connectivity index (χ0v) is 35.0. The van der Waals surface area contributed by atoms with Crippen molar-refractivity contribution in [3.05, 3.63) is 241 Å². The SMILES string of the molecule is C1=Cc2ccccc2N(c2ccc3c(-c4cccc5ccccc45)c4cc(N5c6ccccc6C=Cc6ccccc65)ccc4c(-c4ccc5ccccc5c4)c3c2)c2ccccc21. The molecule has 2 heterocycles. The lowest BCUT2D eigenvalue weighted by atomic mass is 9.84. The van der Waals surface area contributed by atoms with Gasteiger partial charge in [0.25, 0.3) is 0 Å². The molecular formula is C62H40N2. The zero-order valence-electron chi connectivity index (χ0n) is 35.0. The van der Waals surface area contributed by atoms with E-state index in [4.69, 9.17) is 0 Å². The molecule has 11 aromatic carbocycles. The average molecular weight is 813 g/mol. The van der Waals surface area contributed by atoms with Gasteiger partial charge in [0.15, 0.2) is 0 Å². The monoisotopic (exact) mass is 812 g/mol. The van der Waals surface area contributed by atoms with Crippen LogP contribution in [0.3, 0.4) is 0 Å². The molecule has 0 amide bonds. The second-order valence-electron chi connectivity index (χ2n) is 16.9. The maximum absolute atomic E-state index is 2.45. The Kier molecular flexibility index (Phi) is 8.25. The molecule has 0 N–H and O–H groups in total. The van der Waals surface area contributed by atoms with E-state index in [2.05, 4.69) is 252 Å². The Morgan fingerprint density at radius 3 is 1.25 bits per heavy atom. The van der Waals surface area contributed by atoms with Crippen molar-refractivity contribution in [2.24, 2.45) is 0 Å². The molecule has 0 saturated carbocycles. The number of rotatable bonds is 4. The van der Waals surface area contributed by atoms with E-state index in [1.807, 2.05) is 0 Å². The molecule has 2 heteroatoms. The molecule has 0 spiro atoms. The Hall–Kier alpha value is -8.46. The maximum Gasteiger partial charge on any atom is 0.0534 e. The smallest absolute Gasteiger partial charge is 0.0534 e. The van der Waals surface area contributed by atoms with Gasteiger partial charge in [-0.3, -0.25) is 0 Å². The summed E-state index contributed by atoms with van der Waals surface area (Å²) in [6.07, 6.45) is 8.99. The highest BCUT2D eigenvalue weighted by Gasteiger charge is 2.26. The van der Waals surface area contributed by atoms with Crippen molar-refractivity contribution in [1.82, 2.24) is 0 Å². The van der Waals surface area contributed by atoms with Crippen LogP contribution >= 0.6 is 0 Å². The van der Waals surface area contributed by atoms with E-state index in [1.54, 1.807) is 0 Å². The van der Waals surface area contributed by atoms with Crippen LogP contribution in [0.1, 0.15) is 22.3 Å². The third kappa shape index (κ3) is 5.73. The molecule has 0 aromatic heterocycles. The molecule has 2 aliphatic rings. The average Bonchev–Trinajstić information content (AvgIpc) is 3.63. The van der Waals surface area contributed by atoms with E-state index in [0.29, 0.717) is 0 Å². The summed E-state index contributed by atoms with van der Waals surface area (Å²) in [5.74, 6) is 0. The van der Waals surface area contributed by atoms with Crippen molar-refractivity contribution in [2.75, 3.05) is 9.80 Å². The number of hydrogen-bond acceptors (Lipinski definition) is 2. The number of para-hydroxylation sites is 4. The molecule has 64 heavy (non-hydrogen) atoms. The van der Waals surface area contributed by atoms with Gasteiger partial charge in [-0.2, -0.15) is 0 Å². The van der Waals surface area contributed by atoms with Crippen molar-refractivity contribution < 1.29 is 0 Å². The lowest BCUT2D eigenvalue weighted by Gasteiger charge is -2.29. The molecular weight excluding hydrogens is 773 g/mol. The highest BCUT2D eigenvalue weighted by atomic mass is 15.2. The maximum atomic E-state index is 2.45. The second-order valence-corrected chi connectivity index (χ2v) is 16.9. The van der Waals surface area contributed by atoms with E-state index in [-0.39, 0.29) is 0 Å². The van der Waals surface area contributed by atoms with Gasteiger partial charge in [0.05, 0.1) is 22.7 Å². The normalized spacial score (nSPS) is 12.8. The topological polar surface area (TPSA) is 6.48 Å². The lowest BCUT2D eigenvalue weighted by molar-refractivity contribution is 1.28. The zero-order chi connectivity index (χ0) is 42.1. The van der Waals surface area contributed by atoms with E-state index in [0.717, 1.165) is 34.1 Å². The molecule has 11 aromatic rings. The second kappa shape index (κ2) is 14.6.